The van der Waals surface area contributed by atoms with Crippen LogP contribution in [0.4, 0.5) is 5.69 Å². The third-order valence-electron chi connectivity index (χ3n) is 6.30. The van der Waals surface area contributed by atoms with Gasteiger partial charge in [0.15, 0.2) is 0 Å². The fourth-order valence-electron chi connectivity index (χ4n) is 4.87. The van der Waals surface area contributed by atoms with Crippen molar-refractivity contribution in [2.45, 2.75) is 6.42 Å². The maximum absolute atomic E-state index is 13.0. The number of allylic oxidation sites excluding steroid dienone is 2. The zero-order valence-corrected chi connectivity index (χ0v) is 16.7. The molecule has 0 unspecified atom stereocenters. The number of imide groups is 1. The van der Waals surface area contributed by atoms with Crippen molar-refractivity contribution in [3.8, 4) is 5.75 Å². The Balaban J connectivity index is 1.35. The lowest BCUT2D eigenvalue weighted by atomic mass is 9.85. The summed E-state index contributed by atoms with van der Waals surface area (Å²) in [6.07, 6.45) is 4.95. The van der Waals surface area contributed by atoms with E-state index in [-0.39, 0.29) is 46.8 Å². The number of carbonyl (C=O) groups excluding carboxylic acids is 4. The van der Waals surface area contributed by atoms with Crippen molar-refractivity contribution in [1.29, 1.82) is 0 Å². The van der Waals surface area contributed by atoms with E-state index < -0.39 is 11.9 Å². The standard InChI is InChI=1S/C24H19NO6/c1-30-23(28)13-7-9-18(10-8-13)31-24(29)16-3-2-4-17(12-16)25-21(26)19-14-5-6-15(11-14)20(19)22(25)27/h2-10,12,14-15,19-20H,11H2,1H3/t14-,15-,19-,20+/m0/s1. The van der Waals surface area contributed by atoms with Crippen LogP contribution in [-0.4, -0.2) is 30.9 Å². The highest BCUT2D eigenvalue weighted by atomic mass is 16.5. The largest absolute Gasteiger partial charge is 0.465 e. The number of hydrogen-bond donors (Lipinski definition) is 0. The van der Waals surface area contributed by atoms with Gasteiger partial charge in [-0.3, -0.25) is 9.59 Å². The van der Waals surface area contributed by atoms with E-state index in [1.807, 2.05) is 12.2 Å². The predicted octanol–water partition coefficient (Wildman–Crippen LogP) is 3.00. The molecule has 1 aliphatic heterocycles. The number of anilines is 1. The van der Waals surface area contributed by atoms with Crippen molar-refractivity contribution < 1.29 is 28.7 Å². The van der Waals surface area contributed by atoms with E-state index in [9.17, 15) is 19.2 Å². The molecule has 5 rings (SSSR count). The molecule has 0 N–H and O–H groups in total. The summed E-state index contributed by atoms with van der Waals surface area (Å²) >= 11 is 0. The summed E-state index contributed by atoms with van der Waals surface area (Å²) in [7, 11) is 1.29. The zero-order chi connectivity index (χ0) is 21.7. The lowest BCUT2D eigenvalue weighted by molar-refractivity contribution is -0.123. The number of amides is 2. The van der Waals surface area contributed by atoms with Gasteiger partial charge in [0, 0.05) is 0 Å². The molecule has 4 atom stereocenters. The molecule has 1 saturated carbocycles. The lowest BCUT2D eigenvalue weighted by Crippen LogP contribution is -2.33. The molecule has 7 heteroatoms. The molecule has 31 heavy (non-hydrogen) atoms. The Labute approximate surface area is 178 Å². The van der Waals surface area contributed by atoms with E-state index in [1.54, 1.807) is 18.2 Å². The quantitative estimate of drug-likeness (QED) is 0.329. The second kappa shape index (κ2) is 7.19. The van der Waals surface area contributed by atoms with Crippen LogP contribution in [0.15, 0.2) is 60.7 Å². The normalized spacial score (nSPS) is 25.6. The van der Waals surface area contributed by atoms with E-state index in [0.717, 1.165) is 6.42 Å². The summed E-state index contributed by atoms with van der Waals surface area (Å²) < 4.78 is 10.0. The molecule has 1 heterocycles. The van der Waals surface area contributed by atoms with Crippen LogP contribution in [0.5, 0.6) is 5.75 Å². The van der Waals surface area contributed by atoms with Gasteiger partial charge in [-0.05, 0) is 60.7 Å². The third kappa shape index (κ3) is 3.04. The fraction of sp³-hybridized carbons (Fsp3) is 0.250. The Bertz CT molecular complexity index is 1110. The van der Waals surface area contributed by atoms with Crippen molar-refractivity contribution in [2.24, 2.45) is 23.7 Å². The summed E-state index contributed by atoms with van der Waals surface area (Å²) in [4.78, 5) is 51.3. The first-order chi connectivity index (χ1) is 15.0. The first-order valence-electron chi connectivity index (χ1n) is 10.0. The molecule has 2 fully saturated rings. The molecule has 0 radical (unpaired) electrons. The number of methoxy groups -OCH3 is 1. The summed E-state index contributed by atoms with van der Waals surface area (Å²) in [6, 6.07) is 12.3. The first-order valence-corrected chi connectivity index (χ1v) is 10.0. The van der Waals surface area contributed by atoms with E-state index in [0.29, 0.717) is 11.3 Å². The van der Waals surface area contributed by atoms with Crippen molar-refractivity contribution in [2.75, 3.05) is 12.0 Å². The molecular formula is C24H19NO6. The number of fused-ring (bicyclic) bond motifs is 5. The number of esters is 2. The van der Waals surface area contributed by atoms with Gasteiger partial charge < -0.3 is 9.47 Å². The predicted molar refractivity (Wildman–Crippen MR) is 109 cm³/mol. The highest BCUT2D eigenvalue weighted by Crippen LogP contribution is 2.53. The Morgan fingerprint density at radius 1 is 0.871 bits per heavy atom. The molecule has 0 spiro atoms. The van der Waals surface area contributed by atoms with Gasteiger partial charge in [0.25, 0.3) is 0 Å². The molecule has 1 saturated heterocycles. The van der Waals surface area contributed by atoms with Crippen LogP contribution >= 0.6 is 0 Å². The van der Waals surface area contributed by atoms with Gasteiger partial charge in [0.05, 0.1) is 35.8 Å². The minimum absolute atomic E-state index is 0.123. The minimum atomic E-state index is -0.631. The Morgan fingerprint density at radius 3 is 2.13 bits per heavy atom. The number of rotatable bonds is 4. The molecule has 2 aliphatic carbocycles. The monoisotopic (exact) mass is 417 g/mol. The van der Waals surface area contributed by atoms with E-state index in [4.69, 9.17) is 4.74 Å². The summed E-state index contributed by atoms with van der Waals surface area (Å²) in [5.41, 5.74) is 0.928. The molecule has 2 aromatic rings. The third-order valence-corrected chi connectivity index (χ3v) is 6.30. The summed E-state index contributed by atoms with van der Waals surface area (Å²) in [6.45, 7) is 0. The number of nitrogens with zero attached hydrogens (tertiary/aromatic N) is 1. The summed E-state index contributed by atoms with van der Waals surface area (Å²) in [5, 5.41) is 0. The van der Waals surface area contributed by atoms with Gasteiger partial charge in [-0.1, -0.05) is 18.2 Å². The molecular weight excluding hydrogens is 398 g/mol. The maximum Gasteiger partial charge on any atom is 0.343 e. The Hall–Kier alpha value is -3.74. The fourth-order valence-corrected chi connectivity index (χ4v) is 4.87. The number of carbonyl (C=O) groups is 4. The Kier molecular flexibility index (Phi) is 4.46. The number of ether oxygens (including phenoxy) is 2. The van der Waals surface area contributed by atoms with Gasteiger partial charge in [0.2, 0.25) is 11.8 Å². The zero-order valence-electron chi connectivity index (χ0n) is 16.7. The second-order valence-electron chi connectivity index (χ2n) is 7.97. The van der Waals surface area contributed by atoms with Gasteiger partial charge >= 0.3 is 11.9 Å². The van der Waals surface area contributed by atoms with E-state index in [1.165, 1.54) is 42.3 Å². The second-order valence-corrected chi connectivity index (χ2v) is 7.97. The van der Waals surface area contributed by atoms with Gasteiger partial charge in [-0.25, -0.2) is 14.5 Å². The van der Waals surface area contributed by atoms with E-state index in [2.05, 4.69) is 4.74 Å². The van der Waals surface area contributed by atoms with Crippen molar-refractivity contribution >= 4 is 29.4 Å². The number of benzene rings is 2. The average Bonchev–Trinajstić information content (AvgIpc) is 3.47. The molecule has 156 valence electrons. The Morgan fingerprint density at radius 2 is 1.52 bits per heavy atom. The SMILES string of the molecule is COC(=O)c1ccc(OC(=O)c2cccc(N3C(=O)[C@@H]4[C@H](C3=O)[C@H]3C=C[C@H]4C3)c2)cc1. The summed E-state index contributed by atoms with van der Waals surface area (Å²) in [5.74, 6) is -1.61. The van der Waals surface area contributed by atoms with Crippen LogP contribution in [0.25, 0.3) is 0 Å². The molecule has 0 aromatic heterocycles. The molecule has 2 amide bonds. The van der Waals surface area contributed by atoms with Crippen LogP contribution in [0.3, 0.4) is 0 Å². The molecule has 2 aromatic carbocycles. The van der Waals surface area contributed by atoms with E-state index >= 15 is 0 Å². The van der Waals surface area contributed by atoms with Crippen LogP contribution < -0.4 is 9.64 Å². The highest BCUT2D eigenvalue weighted by molar-refractivity contribution is 6.23. The van der Waals surface area contributed by atoms with Crippen molar-refractivity contribution in [1.82, 2.24) is 0 Å². The highest BCUT2D eigenvalue weighted by Gasteiger charge is 2.59. The smallest absolute Gasteiger partial charge is 0.343 e. The average molecular weight is 417 g/mol. The maximum atomic E-state index is 13.0. The van der Waals surface area contributed by atoms with Gasteiger partial charge in [0.1, 0.15) is 5.75 Å². The van der Waals surface area contributed by atoms with Crippen molar-refractivity contribution in [3.63, 3.8) is 0 Å². The number of hydrogen-bond acceptors (Lipinski definition) is 6. The van der Waals surface area contributed by atoms with Gasteiger partial charge in [-0.2, -0.15) is 0 Å². The minimum Gasteiger partial charge on any atom is -0.465 e. The topological polar surface area (TPSA) is 90.0 Å². The lowest BCUT2D eigenvalue weighted by Gasteiger charge is -2.18. The van der Waals surface area contributed by atoms with Crippen LogP contribution in [0.1, 0.15) is 27.1 Å². The molecule has 2 bridgehead atoms. The first kappa shape index (κ1) is 19.2. The van der Waals surface area contributed by atoms with Crippen LogP contribution in [0.2, 0.25) is 0 Å². The van der Waals surface area contributed by atoms with Gasteiger partial charge in [-0.15, -0.1) is 0 Å². The van der Waals surface area contributed by atoms with Crippen molar-refractivity contribution in [3.05, 3.63) is 71.8 Å². The van der Waals surface area contributed by atoms with Crippen LogP contribution in [-0.2, 0) is 14.3 Å². The molecule has 3 aliphatic rings. The molecule has 7 nitrogen and oxygen atoms in total. The van der Waals surface area contributed by atoms with Crippen LogP contribution in [0, 0.1) is 23.7 Å².